The smallest absolute Gasteiger partial charge is 0.161 e. The molecule has 1 aliphatic carbocycles. The zero-order chi connectivity index (χ0) is 17.8. The summed E-state index contributed by atoms with van der Waals surface area (Å²) in [6, 6.07) is 5.48. The SMILES string of the molecule is COc1ccc(C(O)Cc2c(Cl)cncc2Cl)cc1OC1CCCC1. The number of ether oxygens (including phenoxy) is 2. The van der Waals surface area contributed by atoms with Crippen molar-refractivity contribution in [3.8, 4) is 11.5 Å². The second kappa shape index (κ2) is 8.26. The molecule has 0 spiro atoms. The number of methoxy groups -OCH3 is 1. The Hall–Kier alpha value is -1.49. The Morgan fingerprint density at radius 2 is 1.84 bits per heavy atom. The van der Waals surface area contributed by atoms with Gasteiger partial charge in [0.15, 0.2) is 11.5 Å². The zero-order valence-electron chi connectivity index (χ0n) is 14.0. The summed E-state index contributed by atoms with van der Waals surface area (Å²) in [4.78, 5) is 3.94. The molecular formula is C19H21Cl2NO3. The Morgan fingerprint density at radius 3 is 2.48 bits per heavy atom. The highest BCUT2D eigenvalue weighted by Crippen LogP contribution is 2.35. The summed E-state index contributed by atoms with van der Waals surface area (Å²) in [5.74, 6) is 1.33. The molecule has 0 saturated heterocycles. The van der Waals surface area contributed by atoms with Crippen LogP contribution in [-0.2, 0) is 6.42 Å². The van der Waals surface area contributed by atoms with Crippen LogP contribution in [0.4, 0.5) is 0 Å². The van der Waals surface area contributed by atoms with Gasteiger partial charge in [0.05, 0.1) is 29.4 Å². The molecule has 4 nitrogen and oxygen atoms in total. The van der Waals surface area contributed by atoms with E-state index in [-0.39, 0.29) is 6.10 Å². The quantitative estimate of drug-likeness (QED) is 0.764. The van der Waals surface area contributed by atoms with Gasteiger partial charge in [-0.25, -0.2) is 0 Å². The Bertz CT molecular complexity index is 712. The van der Waals surface area contributed by atoms with Gasteiger partial charge in [0, 0.05) is 18.8 Å². The fourth-order valence-corrected chi connectivity index (χ4v) is 3.64. The lowest BCUT2D eigenvalue weighted by Crippen LogP contribution is -2.12. The first-order valence-electron chi connectivity index (χ1n) is 8.39. The monoisotopic (exact) mass is 381 g/mol. The third kappa shape index (κ3) is 4.38. The van der Waals surface area contributed by atoms with Crippen LogP contribution in [0.2, 0.25) is 10.0 Å². The van der Waals surface area contributed by atoms with E-state index < -0.39 is 6.10 Å². The molecular weight excluding hydrogens is 361 g/mol. The van der Waals surface area contributed by atoms with E-state index in [0.29, 0.717) is 33.5 Å². The average Bonchev–Trinajstić information content (AvgIpc) is 3.11. The number of aliphatic hydroxyl groups is 1. The number of hydrogen-bond donors (Lipinski definition) is 1. The van der Waals surface area contributed by atoms with Crippen molar-refractivity contribution in [1.82, 2.24) is 4.98 Å². The van der Waals surface area contributed by atoms with E-state index in [0.717, 1.165) is 18.4 Å². The first kappa shape index (κ1) is 18.3. The van der Waals surface area contributed by atoms with Gasteiger partial charge in [-0.05, 0) is 48.9 Å². The van der Waals surface area contributed by atoms with Crippen LogP contribution in [0.1, 0.15) is 42.9 Å². The van der Waals surface area contributed by atoms with Crippen LogP contribution >= 0.6 is 23.2 Å². The molecule has 1 saturated carbocycles. The lowest BCUT2D eigenvalue weighted by atomic mass is 10.0. The molecule has 0 amide bonds. The molecule has 1 aromatic heterocycles. The van der Waals surface area contributed by atoms with Crippen LogP contribution in [0.15, 0.2) is 30.6 Å². The number of pyridine rings is 1. The average molecular weight is 382 g/mol. The molecule has 6 heteroatoms. The van der Waals surface area contributed by atoms with Crippen LogP contribution in [0.25, 0.3) is 0 Å². The molecule has 0 aliphatic heterocycles. The molecule has 1 aliphatic rings. The Kier molecular flexibility index (Phi) is 6.05. The van der Waals surface area contributed by atoms with Crippen LogP contribution in [0.3, 0.4) is 0 Å². The molecule has 1 unspecified atom stereocenters. The number of aromatic nitrogens is 1. The number of hydrogen-bond acceptors (Lipinski definition) is 4. The molecule has 1 N–H and O–H groups in total. The van der Waals surface area contributed by atoms with Crippen LogP contribution in [-0.4, -0.2) is 23.3 Å². The minimum Gasteiger partial charge on any atom is -0.493 e. The molecule has 0 radical (unpaired) electrons. The van der Waals surface area contributed by atoms with Gasteiger partial charge in [0.1, 0.15) is 0 Å². The Balaban J connectivity index is 1.81. The molecule has 134 valence electrons. The second-order valence-corrected chi connectivity index (χ2v) is 7.05. The summed E-state index contributed by atoms with van der Waals surface area (Å²) >= 11 is 12.3. The largest absolute Gasteiger partial charge is 0.493 e. The topological polar surface area (TPSA) is 51.6 Å². The summed E-state index contributed by atoms with van der Waals surface area (Å²) in [5, 5.41) is 11.5. The molecule has 25 heavy (non-hydrogen) atoms. The number of benzene rings is 1. The Morgan fingerprint density at radius 1 is 1.16 bits per heavy atom. The van der Waals surface area contributed by atoms with Gasteiger partial charge in [-0.1, -0.05) is 29.3 Å². The first-order chi connectivity index (χ1) is 12.1. The number of rotatable bonds is 6. The molecule has 3 rings (SSSR count). The van der Waals surface area contributed by atoms with Crippen molar-refractivity contribution in [2.24, 2.45) is 0 Å². The van der Waals surface area contributed by atoms with E-state index in [2.05, 4.69) is 4.98 Å². The highest BCUT2D eigenvalue weighted by atomic mass is 35.5. The second-order valence-electron chi connectivity index (χ2n) is 6.24. The van der Waals surface area contributed by atoms with E-state index >= 15 is 0 Å². The van der Waals surface area contributed by atoms with Gasteiger partial charge >= 0.3 is 0 Å². The summed E-state index contributed by atoms with van der Waals surface area (Å²) in [6.07, 6.45) is 7.30. The van der Waals surface area contributed by atoms with Crippen LogP contribution in [0, 0.1) is 0 Å². The molecule has 1 fully saturated rings. The normalized spacial score (nSPS) is 16.0. The van der Waals surface area contributed by atoms with Crippen molar-refractivity contribution in [1.29, 1.82) is 0 Å². The highest BCUT2D eigenvalue weighted by Gasteiger charge is 2.20. The van der Waals surface area contributed by atoms with Crippen molar-refractivity contribution in [2.75, 3.05) is 7.11 Å². The first-order valence-corrected chi connectivity index (χ1v) is 9.14. The van der Waals surface area contributed by atoms with Gasteiger partial charge < -0.3 is 14.6 Å². The van der Waals surface area contributed by atoms with Gasteiger partial charge in [-0.3, -0.25) is 4.98 Å². The van der Waals surface area contributed by atoms with Gasteiger partial charge in [-0.2, -0.15) is 0 Å². The summed E-state index contributed by atoms with van der Waals surface area (Å²) in [6.45, 7) is 0. The standard InChI is InChI=1S/C19H21Cl2NO3/c1-24-18-7-6-12(8-19(18)25-13-4-2-3-5-13)17(23)9-14-15(20)10-22-11-16(14)21/h6-8,10-11,13,17,23H,2-5,9H2,1H3. The molecule has 2 aromatic rings. The van der Waals surface area contributed by atoms with Gasteiger partial charge in [0.2, 0.25) is 0 Å². The predicted octanol–water partition coefficient (Wildman–Crippen LogP) is 4.99. The van der Waals surface area contributed by atoms with Crippen molar-refractivity contribution < 1.29 is 14.6 Å². The van der Waals surface area contributed by atoms with Gasteiger partial charge in [-0.15, -0.1) is 0 Å². The van der Waals surface area contributed by atoms with E-state index in [4.69, 9.17) is 32.7 Å². The van der Waals surface area contributed by atoms with E-state index in [9.17, 15) is 5.11 Å². The van der Waals surface area contributed by atoms with Crippen LogP contribution in [0.5, 0.6) is 11.5 Å². The van der Waals surface area contributed by atoms with E-state index in [1.165, 1.54) is 25.2 Å². The molecule has 0 bridgehead atoms. The summed E-state index contributed by atoms with van der Waals surface area (Å²) < 4.78 is 11.5. The number of nitrogens with zero attached hydrogens (tertiary/aromatic N) is 1. The number of aliphatic hydroxyl groups excluding tert-OH is 1. The highest BCUT2D eigenvalue weighted by molar-refractivity contribution is 6.35. The minimum absolute atomic E-state index is 0.213. The maximum Gasteiger partial charge on any atom is 0.161 e. The maximum absolute atomic E-state index is 10.6. The van der Waals surface area contributed by atoms with Crippen molar-refractivity contribution >= 4 is 23.2 Å². The third-order valence-electron chi connectivity index (χ3n) is 4.52. The fraction of sp³-hybridized carbons (Fsp3) is 0.421. The van der Waals surface area contributed by atoms with Crippen LogP contribution < -0.4 is 9.47 Å². The zero-order valence-corrected chi connectivity index (χ0v) is 15.6. The Labute approximate surface area is 157 Å². The molecule has 1 heterocycles. The lowest BCUT2D eigenvalue weighted by Gasteiger charge is -2.19. The van der Waals surface area contributed by atoms with Gasteiger partial charge in [0.25, 0.3) is 0 Å². The van der Waals surface area contributed by atoms with Crippen molar-refractivity contribution in [3.63, 3.8) is 0 Å². The maximum atomic E-state index is 10.6. The summed E-state index contributed by atoms with van der Waals surface area (Å²) in [7, 11) is 1.61. The van der Waals surface area contributed by atoms with Crippen molar-refractivity contribution in [3.05, 3.63) is 51.8 Å². The number of halogens is 2. The fourth-order valence-electron chi connectivity index (χ4n) is 3.12. The molecule has 1 aromatic carbocycles. The summed E-state index contributed by atoms with van der Waals surface area (Å²) in [5.41, 5.74) is 1.41. The minimum atomic E-state index is -0.755. The predicted molar refractivity (Wildman–Crippen MR) is 98.8 cm³/mol. The van der Waals surface area contributed by atoms with Crippen molar-refractivity contribution in [2.45, 2.75) is 44.3 Å². The molecule has 1 atom stereocenters. The lowest BCUT2D eigenvalue weighted by molar-refractivity contribution is 0.174. The third-order valence-corrected chi connectivity index (χ3v) is 5.17. The van der Waals surface area contributed by atoms with E-state index in [1.807, 2.05) is 18.2 Å². The van der Waals surface area contributed by atoms with E-state index in [1.54, 1.807) is 7.11 Å².